The van der Waals surface area contributed by atoms with Gasteiger partial charge in [-0.1, -0.05) is 48.0 Å². The predicted molar refractivity (Wildman–Crippen MR) is 113 cm³/mol. The number of hydrogen-bond donors (Lipinski definition) is 1. The molecule has 6 heteroatoms. The van der Waals surface area contributed by atoms with Gasteiger partial charge in [0.2, 0.25) is 11.8 Å². The summed E-state index contributed by atoms with van der Waals surface area (Å²) in [5.41, 5.74) is 3.93. The number of hydrogen-bond acceptors (Lipinski definition) is 3. The Morgan fingerprint density at radius 2 is 1.80 bits per heavy atom. The average Bonchev–Trinajstić information content (AvgIpc) is 2.74. The molecule has 0 atom stereocenters. The summed E-state index contributed by atoms with van der Waals surface area (Å²) in [6.45, 7) is 6.48. The Kier molecular flexibility index (Phi) is 5.95. The summed E-state index contributed by atoms with van der Waals surface area (Å²) in [4.78, 5) is 42.3. The van der Waals surface area contributed by atoms with Gasteiger partial charge in [-0.3, -0.25) is 19.3 Å². The molecule has 1 fully saturated rings. The molecule has 6 nitrogen and oxygen atoms in total. The van der Waals surface area contributed by atoms with Crippen molar-refractivity contribution in [2.75, 3.05) is 32.7 Å². The molecule has 30 heavy (non-hydrogen) atoms. The smallest absolute Gasteiger partial charge is 0.260 e. The van der Waals surface area contributed by atoms with Gasteiger partial charge in [0.05, 0.1) is 32.6 Å². The Labute approximate surface area is 177 Å². The maximum absolute atomic E-state index is 12.7. The van der Waals surface area contributed by atoms with Crippen LogP contribution in [0, 0.1) is 6.92 Å². The van der Waals surface area contributed by atoms with Crippen molar-refractivity contribution in [1.29, 1.82) is 0 Å². The number of nitrogens with zero attached hydrogens (tertiary/aromatic N) is 2. The number of imide groups is 1. The first kappa shape index (κ1) is 20.3. The van der Waals surface area contributed by atoms with Gasteiger partial charge in [-0.2, -0.15) is 0 Å². The lowest BCUT2D eigenvalue weighted by Crippen LogP contribution is -3.13. The quantitative estimate of drug-likeness (QED) is 0.749. The number of carbonyl (C=O) groups is 3. The molecule has 0 spiro atoms. The third-order valence-corrected chi connectivity index (χ3v) is 6.04. The SMILES string of the molecule is Cc1cccc(C[NH+]2CCN(C(=O)CCN3C(=O)Cc4ccccc4C3=O)CC2)c1. The van der Waals surface area contributed by atoms with Crippen molar-refractivity contribution in [3.05, 3.63) is 70.8 Å². The summed E-state index contributed by atoms with van der Waals surface area (Å²) in [5.74, 6) is -0.495. The fourth-order valence-corrected chi connectivity index (χ4v) is 4.35. The van der Waals surface area contributed by atoms with Crippen LogP contribution in [0.15, 0.2) is 48.5 Å². The van der Waals surface area contributed by atoms with E-state index in [-0.39, 0.29) is 37.1 Å². The van der Waals surface area contributed by atoms with Gasteiger partial charge in [-0.25, -0.2) is 0 Å². The van der Waals surface area contributed by atoms with E-state index in [0.29, 0.717) is 18.7 Å². The van der Waals surface area contributed by atoms with Gasteiger partial charge < -0.3 is 9.80 Å². The van der Waals surface area contributed by atoms with Crippen LogP contribution < -0.4 is 4.90 Å². The normalized spacial score (nSPS) is 17.2. The second kappa shape index (κ2) is 8.79. The molecule has 2 aliphatic rings. The van der Waals surface area contributed by atoms with Crippen LogP contribution in [-0.4, -0.2) is 60.2 Å². The number of aryl methyl sites for hydroxylation is 1. The van der Waals surface area contributed by atoms with Crippen LogP contribution in [0.25, 0.3) is 0 Å². The Morgan fingerprint density at radius 1 is 1.03 bits per heavy atom. The first-order valence-electron chi connectivity index (χ1n) is 10.6. The highest BCUT2D eigenvalue weighted by molar-refractivity contribution is 6.09. The Bertz CT molecular complexity index is 964. The van der Waals surface area contributed by atoms with E-state index < -0.39 is 0 Å². The molecule has 156 valence electrons. The first-order valence-corrected chi connectivity index (χ1v) is 10.6. The van der Waals surface area contributed by atoms with Gasteiger partial charge in [0, 0.05) is 24.1 Å². The van der Waals surface area contributed by atoms with E-state index in [0.717, 1.165) is 25.2 Å². The number of fused-ring (bicyclic) bond motifs is 1. The van der Waals surface area contributed by atoms with Crippen molar-refractivity contribution in [3.8, 4) is 0 Å². The number of carbonyl (C=O) groups excluding carboxylic acids is 3. The number of quaternary nitrogens is 1. The fourth-order valence-electron chi connectivity index (χ4n) is 4.35. The van der Waals surface area contributed by atoms with Crippen LogP contribution in [0.3, 0.4) is 0 Å². The summed E-state index contributed by atoms with van der Waals surface area (Å²) in [7, 11) is 0. The average molecular weight is 407 g/mol. The first-order chi connectivity index (χ1) is 14.5. The topological polar surface area (TPSA) is 62.1 Å². The lowest BCUT2D eigenvalue weighted by Gasteiger charge is -2.33. The second-order valence-corrected chi connectivity index (χ2v) is 8.23. The van der Waals surface area contributed by atoms with Gasteiger partial charge in [-0.05, 0) is 18.6 Å². The molecule has 0 saturated carbocycles. The van der Waals surface area contributed by atoms with Crippen molar-refractivity contribution < 1.29 is 19.3 Å². The van der Waals surface area contributed by atoms with Crippen molar-refractivity contribution in [3.63, 3.8) is 0 Å². The summed E-state index contributed by atoms with van der Waals surface area (Å²) >= 11 is 0. The third kappa shape index (κ3) is 4.44. The number of benzene rings is 2. The Hall–Kier alpha value is -2.99. The number of piperazine rings is 1. The Balaban J connectivity index is 1.27. The third-order valence-electron chi connectivity index (χ3n) is 6.04. The van der Waals surface area contributed by atoms with Crippen LogP contribution >= 0.6 is 0 Å². The molecule has 2 aromatic carbocycles. The summed E-state index contributed by atoms with van der Waals surface area (Å²) in [6, 6.07) is 15.8. The van der Waals surface area contributed by atoms with Crippen LogP contribution in [0.2, 0.25) is 0 Å². The fraction of sp³-hybridized carbons (Fsp3) is 0.375. The van der Waals surface area contributed by atoms with E-state index in [4.69, 9.17) is 0 Å². The molecular formula is C24H28N3O3+. The lowest BCUT2D eigenvalue weighted by atomic mass is 9.98. The van der Waals surface area contributed by atoms with Gasteiger partial charge >= 0.3 is 0 Å². The monoisotopic (exact) mass is 406 g/mol. The minimum absolute atomic E-state index is 0.0177. The molecule has 2 aliphatic heterocycles. The van der Waals surface area contributed by atoms with Gasteiger partial charge in [0.1, 0.15) is 6.54 Å². The van der Waals surface area contributed by atoms with E-state index >= 15 is 0 Å². The number of amides is 3. The van der Waals surface area contributed by atoms with E-state index in [1.807, 2.05) is 17.0 Å². The molecule has 0 unspecified atom stereocenters. The molecule has 0 radical (unpaired) electrons. The molecule has 0 bridgehead atoms. The highest BCUT2D eigenvalue weighted by atomic mass is 16.2. The molecule has 2 heterocycles. The van der Waals surface area contributed by atoms with Gasteiger partial charge in [0.15, 0.2) is 0 Å². The van der Waals surface area contributed by atoms with E-state index in [9.17, 15) is 14.4 Å². The molecule has 4 rings (SSSR count). The minimum atomic E-state index is -0.290. The largest absolute Gasteiger partial charge is 0.331 e. The minimum Gasteiger partial charge on any atom is -0.331 e. The van der Waals surface area contributed by atoms with Crippen molar-refractivity contribution in [2.24, 2.45) is 0 Å². The molecule has 1 saturated heterocycles. The standard InChI is InChI=1S/C24H27N3O3/c1-18-5-4-6-19(15-18)17-25-11-13-26(14-12-25)22(28)9-10-27-23(29)16-20-7-2-3-8-21(20)24(27)30/h2-8,15H,9-14,16-17H2,1H3/p+1. The predicted octanol–water partition coefficient (Wildman–Crippen LogP) is 0.837. The van der Waals surface area contributed by atoms with Gasteiger partial charge in [0.25, 0.3) is 5.91 Å². The van der Waals surface area contributed by atoms with Crippen molar-refractivity contribution in [2.45, 2.75) is 26.3 Å². The Morgan fingerprint density at radius 3 is 2.57 bits per heavy atom. The van der Waals surface area contributed by atoms with Crippen LogP contribution in [0.4, 0.5) is 0 Å². The zero-order chi connectivity index (χ0) is 21.1. The summed E-state index contributed by atoms with van der Waals surface area (Å²) in [6.07, 6.45) is 0.407. The van der Waals surface area contributed by atoms with Crippen LogP contribution in [0.1, 0.15) is 33.5 Å². The highest BCUT2D eigenvalue weighted by Gasteiger charge is 2.31. The van der Waals surface area contributed by atoms with Crippen LogP contribution in [0.5, 0.6) is 0 Å². The molecule has 0 aromatic heterocycles. The summed E-state index contributed by atoms with van der Waals surface area (Å²) < 4.78 is 0. The van der Waals surface area contributed by atoms with Crippen LogP contribution in [-0.2, 0) is 22.6 Å². The van der Waals surface area contributed by atoms with E-state index in [1.54, 1.807) is 12.1 Å². The molecule has 0 aliphatic carbocycles. The molecule has 2 aromatic rings. The summed E-state index contributed by atoms with van der Waals surface area (Å²) in [5, 5.41) is 0. The number of nitrogens with one attached hydrogen (secondary N) is 1. The second-order valence-electron chi connectivity index (χ2n) is 8.23. The molecule has 3 amide bonds. The molecular weight excluding hydrogens is 378 g/mol. The van der Waals surface area contributed by atoms with Crippen molar-refractivity contribution in [1.82, 2.24) is 9.80 Å². The number of rotatable bonds is 5. The lowest BCUT2D eigenvalue weighted by molar-refractivity contribution is -0.917. The van der Waals surface area contributed by atoms with E-state index in [1.165, 1.54) is 20.9 Å². The maximum Gasteiger partial charge on any atom is 0.260 e. The van der Waals surface area contributed by atoms with Gasteiger partial charge in [-0.15, -0.1) is 0 Å². The van der Waals surface area contributed by atoms with Crippen molar-refractivity contribution >= 4 is 17.7 Å². The van der Waals surface area contributed by atoms with E-state index in [2.05, 4.69) is 31.2 Å². The molecule has 1 N–H and O–H groups in total. The zero-order valence-corrected chi connectivity index (χ0v) is 17.4. The zero-order valence-electron chi connectivity index (χ0n) is 17.4. The maximum atomic E-state index is 12.7. The highest BCUT2D eigenvalue weighted by Crippen LogP contribution is 2.19.